The van der Waals surface area contributed by atoms with Crippen LogP contribution in [0.25, 0.3) is 0 Å². The van der Waals surface area contributed by atoms with Crippen LogP contribution < -0.4 is 0 Å². The first-order valence-electron chi connectivity index (χ1n) is 5.27. The molecular weight excluding hydrogens is 176 g/mol. The fourth-order valence-corrected chi connectivity index (χ4v) is 1.08. The zero-order chi connectivity index (χ0) is 11.2. The van der Waals surface area contributed by atoms with Crippen LogP contribution in [0.4, 0.5) is 0 Å². The number of allylic oxidation sites excluding steroid dienone is 2. The summed E-state index contributed by atoms with van der Waals surface area (Å²) >= 11 is 0. The van der Waals surface area contributed by atoms with Crippen LogP contribution in [0.1, 0.15) is 53.4 Å². The Hall–Kier alpha value is -0.790. The highest BCUT2D eigenvalue weighted by atomic mass is 16.3. The van der Waals surface area contributed by atoms with Crippen molar-refractivity contribution in [1.29, 1.82) is 0 Å². The molecule has 0 bridgehead atoms. The van der Waals surface area contributed by atoms with Crippen LogP contribution in [0, 0.1) is 5.41 Å². The van der Waals surface area contributed by atoms with Gasteiger partial charge in [0.1, 0.15) is 0 Å². The van der Waals surface area contributed by atoms with Crippen molar-refractivity contribution < 1.29 is 9.90 Å². The van der Waals surface area contributed by atoms with Gasteiger partial charge in [-0.05, 0) is 18.3 Å². The van der Waals surface area contributed by atoms with E-state index in [2.05, 4.69) is 20.8 Å². The number of carbonyl (C=O) groups excluding carboxylic acids is 1. The standard InChI is InChI=1S/C12H22O2/c1-5-6-10(13)9-11(14)7-8-12(2,3)4/h9,14H,5-8H2,1-4H3. The molecule has 0 aliphatic heterocycles. The molecule has 0 aliphatic carbocycles. The first-order chi connectivity index (χ1) is 6.35. The highest BCUT2D eigenvalue weighted by Crippen LogP contribution is 2.22. The monoisotopic (exact) mass is 198 g/mol. The smallest absolute Gasteiger partial charge is 0.159 e. The molecule has 82 valence electrons. The van der Waals surface area contributed by atoms with E-state index in [1.807, 2.05) is 6.92 Å². The maximum absolute atomic E-state index is 11.1. The van der Waals surface area contributed by atoms with E-state index in [9.17, 15) is 9.90 Å². The van der Waals surface area contributed by atoms with Crippen molar-refractivity contribution in [2.75, 3.05) is 0 Å². The molecule has 2 nitrogen and oxygen atoms in total. The maximum Gasteiger partial charge on any atom is 0.159 e. The average Bonchev–Trinajstić information content (AvgIpc) is 2.00. The van der Waals surface area contributed by atoms with E-state index in [-0.39, 0.29) is 17.0 Å². The van der Waals surface area contributed by atoms with Gasteiger partial charge >= 0.3 is 0 Å². The Bertz CT molecular complexity index is 209. The van der Waals surface area contributed by atoms with Gasteiger partial charge in [0.15, 0.2) is 5.78 Å². The third-order valence-electron chi connectivity index (χ3n) is 1.96. The molecule has 0 aromatic carbocycles. The summed E-state index contributed by atoms with van der Waals surface area (Å²) in [5.74, 6) is 0.247. The van der Waals surface area contributed by atoms with Gasteiger partial charge in [0.2, 0.25) is 0 Å². The van der Waals surface area contributed by atoms with Crippen molar-refractivity contribution in [2.24, 2.45) is 5.41 Å². The van der Waals surface area contributed by atoms with Gasteiger partial charge < -0.3 is 5.11 Å². The van der Waals surface area contributed by atoms with Gasteiger partial charge in [-0.1, -0.05) is 27.7 Å². The van der Waals surface area contributed by atoms with Crippen molar-refractivity contribution in [1.82, 2.24) is 0 Å². The third kappa shape index (κ3) is 7.84. The summed E-state index contributed by atoms with van der Waals surface area (Å²) in [7, 11) is 0. The predicted molar refractivity (Wildman–Crippen MR) is 59.3 cm³/mol. The minimum Gasteiger partial charge on any atom is -0.512 e. The zero-order valence-corrected chi connectivity index (χ0v) is 9.76. The second-order valence-electron chi connectivity index (χ2n) is 4.91. The Morgan fingerprint density at radius 2 is 1.86 bits per heavy atom. The van der Waals surface area contributed by atoms with Crippen LogP contribution in [-0.4, -0.2) is 10.9 Å². The van der Waals surface area contributed by atoms with Crippen LogP contribution in [-0.2, 0) is 4.79 Å². The zero-order valence-electron chi connectivity index (χ0n) is 9.76. The highest BCUT2D eigenvalue weighted by Gasteiger charge is 2.11. The normalized spacial score (nSPS) is 13.0. The molecule has 1 N–H and O–H groups in total. The number of rotatable bonds is 5. The van der Waals surface area contributed by atoms with Crippen molar-refractivity contribution in [3.8, 4) is 0 Å². The molecule has 0 spiro atoms. The molecule has 0 saturated heterocycles. The van der Waals surface area contributed by atoms with Gasteiger partial charge in [-0.25, -0.2) is 0 Å². The predicted octanol–water partition coefficient (Wildman–Crippen LogP) is 3.62. The van der Waals surface area contributed by atoms with Crippen LogP contribution in [0.5, 0.6) is 0 Å². The van der Waals surface area contributed by atoms with Crippen LogP contribution in [0.15, 0.2) is 11.8 Å². The van der Waals surface area contributed by atoms with Crippen molar-refractivity contribution in [2.45, 2.75) is 53.4 Å². The molecule has 0 atom stereocenters. The Kier molecular flexibility index (Phi) is 5.51. The average molecular weight is 198 g/mol. The molecule has 0 unspecified atom stereocenters. The van der Waals surface area contributed by atoms with E-state index < -0.39 is 0 Å². The van der Waals surface area contributed by atoms with Gasteiger partial charge in [-0.2, -0.15) is 0 Å². The van der Waals surface area contributed by atoms with Crippen molar-refractivity contribution in [3.63, 3.8) is 0 Å². The van der Waals surface area contributed by atoms with Gasteiger partial charge in [-0.3, -0.25) is 4.79 Å². The van der Waals surface area contributed by atoms with Gasteiger partial charge in [0.25, 0.3) is 0 Å². The van der Waals surface area contributed by atoms with Crippen molar-refractivity contribution >= 4 is 5.78 Å². The lowest BCUT2D eigenvalue weighted by atomic mass is 9.90. The molecule has 0 aliphatic rings. The number of hydrogen-bond donors (Lipinski definition) is 1. The van der Waals surface area contributed by atoms with Crippen LogP contribution in [0.3, 0.4) is 0 Å². The number of hydrogen-bond acceptors (Lipinski definition) is 2. The molecule has 0 amide bonds. The molecule has 0 rings (SSSR count). The minimum absolute atomic E-state index is 0.0268. The first kappa shape index (κ1) is 13.2. The summed E-state index contributed by atoms with van der Waals surface area (Å²) in [5.41, 5.74) is 0.204. The van der Waals surface area contributed by atoms with E-state index in [4.69, 9.17) is 0 Å². The number of aliphatic hydroxyl groups is 1. The molecule has 14 heavy (non-hydrogen) atoms. The fraction of sp³-hybridized carbons (Fsp3) is 0.750. The van der Waals surface area contributed by atoms with Gasteiger partial charge in [0.05, 0.1) is 5.76 Å². The molecule has 0 aromatic heterocycles. The second-order valence-corrected chi connectivity index (χ2v) is 4.91. The summed E-state index contributed by atoms with van der Waals surface area (Å²) in [6, 6.07) is 0. The number of ketones is 1. The summed E-state index contributed by atoms with van der Waals surface area (Å²) < 4.78 is 0. The SMILES string of the molecule is CCCC(=O)C=C(O)CCC(C)(C)C. The minimum atomic E-state index is 0.0268. The van der Waals surface area contributed by atoms with Gasteiger partial charge in [0, 0.05) is 18.9 Å². The molecule has 0 heterocycles. The largest absolute Gasteiger partial charge is 0.512 e. The molecule has 0 fully saturated rings. The van der Waals surface area contributed by atoms with Crippen LogP contribution in [0.2, 0.25) is 0 Å². The summed E-state index contributed by atoms with van der Waals surface area (Å²) in [6.45, 7) is 8.31. The quantitative estimate of drug-likeness (QED) is 0.541. The molecule has 0 aromatic rings. The Balaban J connectivity index is 3.95. The summed E-state index contributed by atoms with van der Waals surface area (Å²) in [4.78, 5) is 11.1. The van der Waals surface area contributed by atoms with E-state index in [0.717, 1.165) is 12.8 Å². The third-order valence-corrected chi connectivity index (χ3v) is 1.96. The molecule has 0 saturated carbocycles. The highest BCUT2D eigenvalue weighted by molar-refractivity contribution is 5.89. The summed E-state index contributed by atoms with van der Waals surface area (Å²) in [6.07, 6.45) is 4.23. The topological polar surface area (TPSA) is 37.3 Å². The van der Waals surface area contributed by atoms with Gasteiger partial charge in [-0.15, -0.1) is 0 Å². The lowest BCUT2D eigenvalue weighted by Crippen LogP contribution is -2.05. The number of aliphatic hydroxyl groups excluding tert-OH is 1. The van der Waals surface area contributed by atoms with E-state index in [1.165, 1.54) is 6.08 Å². The fourth-order valence-electron chi connectivity index (χ4n) is 1.08. The lowest BCUT2D eigenvalue weighted by molar-refractivity contribution is -0.114. The molecule has 2 heteroatoms. The van der Waals surface area contributed by atoms with Crippen molar-refractivity contribution in [3.05, 3.63) is 11.8 Å². The summed E-state index contributed by atoms with van der Waals surface area (Å²) in [5, 5.41) is 9.45. The first-order valence-corrected chi connectivity index (χ1v) is 5.27. The van der Waals surface area contributed by atoms with Crippen LogP contribution >= 0.6 is 0 Å². The Morgan fingerprint density at radius 1 is 1.29 bits per heavy atom. The Morgan fingerprint density at radius 3 is 2.29 bits per heavy atom. The molecular formula is C12H22O2. The van der Waals surface area contributed by atoms with E-state index >= 15 is 0 Å². The maximum atomic E-state index is 11.1. The lowest BCUT2D eigenvalue weighted by Gasteiger charge is -2.17. The Labute approximate surface area is 87.0 Å². The van der Waals surface area contributed by atoms with E-state index in [0.29, 0.717) is 12.8 Å². The second kappa shape index (κ2) is 5.84. The molecule has 0 radical (unpaired) electrons. The van der Waals surface area contributed by atoms with E-state index in [1.54, 1.807) is 0 Å². The number of carbonyl (C=O) groups is 1.